The second kappa shape index (κ2) is 11.7. The molecule has 3 aromatic carbocycles. The summed E-state index contributed by atoms with van der Waals surface area (Å²) in [5, 5.41) is 7.96. The van der Waals surface area contributed by atoms with Crippen LogP contribution in [0, 0.1) is 6.92 Å². The van der Waals surface area contributed by atoms with Crippen LogP contribution in [0.1, 0.15) is 55.0 Å². The van der Waals surface area contributed by atoms with Gasteiger partial charge in [0.05, 0.1) is 17.1 Å². The summed E-state index contributed by atoms with van der Waals surface area (Å²) in [7, 11) is 0. The number of hydrogen-bond acceptors (Lipinski definition) is 5. The molecule has 5 rings (SSSR count). The molecule has 0 atom stereocenters. The van der Waals surface area contributed by atoms with Crippen molar-refractivity contribution >= 4 is 44.6 Å². The van der Waals surface area contributed by atoms with E-state index in [4.69, 9.17) is 9.72 Å². The molecular weight excluding hydrogens is 544 g/mol. The third-order valence-corrected chi connectivity index (χ3v) is 7.22. The number of hydrogen-bond donors (Lipinski definition) is 1. The second-order valence-corrected chi connectivity index (χ2v) is 10.5. The van der Waals surface area contributed by atoms with E-state index in [1.165, 1.54) is 11.1 Å². The van der Waals surface area contributed by atoms with Crippen molar-refractivity contribution < 1.29 is 9.53 Å². The molecule has 4 aromatic rings. The predicted octanol–water partition coefficient (Wildman–Crippen LogP) is 6.41. The largest absolute Gasteiger partial charge is 0.483 e. The molecule has 0 bridgehead atoms. The molecular formula is C30H29BrN4O3. The first kappa shape index (κ1) is 25.9. The van der Waals surface area contributed by atoms with Crippen LogP contribution in [-0.2, 0) is 4.79 Å². The van der Waals surface area contributed by atoms with Gasteiger partial charge in [-0.2, -0.15) is 9.78 Å². The monoisotopic (exact) mass is 572 g/mol. The van der Waals surface area contributed by atoms with Crippen LogP contribution in [0.25, 0.3) is 10.9 Å². The maximum absolute atomic E-state index is 13.6. The normalized spacial score (nSPS) is 14.2. The number of aromatic nitrogens is 2. The van der Waals surface area contributed by atoms with Crippen molar-refractivity contribution in [3.63, 3.8) is 0 Å². The number of ether oxygens (including phenoxy) is 1. The quantitative estimate of drug-likeness (QED) is 0.259. The minimum Gasteiger partial charge on any atom is -0.483 e. The molecule has 8 heteroatoms. The third-order valence-electron chi connectivity index (χ3n) is 6.73. The van der Waals surface area contributed by atoms with Crippen molar-refractivity contribution in [3.8, 4) is 5.75 Å². The zero-order valence-electron chi connectivity index (χ0n) is 21.2. The van der Waals surface area contributed by atoms with Crippen LogP contribution in [0.4, 0.5) is 5.69 Å². The Labute approximate surface area is 229 Å². The molecule has 7 nitrogen and oxygen atoms in total. The van der Waals surface area contributed by atoms with Crippen LogP contribution < -0.4 is 15.6 Å². The maximum atomic E-state index is 13.6. The Bertz CT molecular complexity index is 1540. The average Bonchev–Trinajstić information content (AvgIpc) is 2.94. The molecule has 0 spiro atoms. The number of nitrogens with zero attached hydrogens (tertiary/aromatic N) is 3. The third kappa shape index (κ3) is 6.02. The van der Waals surface area contributed by atoms with Gasteiger partial charge in [-0.25, -0.2) is 4.98 Å². The highest BCUT2D eigenvalue weighted by molar-refractivity contribution is 9.10. The maximum Gasteiger partial charge on any atom is 0.282 e. The van der Waals surface area contributed by atoms with Crippen molar-refractivity contribution in [2.45, 2.75) is 44.9 Å². The van der Waals surface area contributed by atoms with Crippen molar-refractivity contribution in [2.75, 3.05) is 11.9 Å². The fourth-order valence-electron chi connectivity index (χ4n) is 4.72. The van der Waals surface area contributed by atoms with Gasteiger partial charge < -0.3 is 10.1 Å². The number of carbonyl (C=O) groups is 1. The van der Waals surface area contributed by atoms with E-state index in [0.717, 1.165) is 35.7 Å². The van der Waals surface area contributed by atoms with Gasteiger partial charge >= 0.3 is 0 Å². The van der Waals surface area contributed by atoms with Crippen LogP contribution in [0.2, 0.25) is 0 Å². The van der Waals surface area contributed by atoms with Gasteiger partial charge in [-0.1, -0.05) is 65.0 Å². The Morgan fingerprint density at radius 2 is 1.87 bits per heavy atom. The SMILES string of the molecule is Cc1ccc(NC(=O)COc2ccccc2C=Nn2c(C3CCCCC3)nc3ccc(Br)cc3c2=O)cc1. The predicted molar refractivity (Wildman–Crippen MR) is 154 cm³/mol. The minimum absolute atomic E-state index is 0.155. The number of halogens is 1. The summed E-state index contributed by atoms with van der Waals surface area (Å²) >= 11 is 3.46. The summed E-state index contributed by atoms with van der Waals surface area (Å²) in [6, 6.07) is 20.4. The van der Waals surface area contributed by atoms with Crippen LogP contribution in [0.15, 0.2) is 81.1 Å². The highest BCUT2D eigenvalue weighted by atomic mass is 79.9. The number of rotatable bonds is 7. The highest BCUT2D eigenvalue weighted by Gasteiger charge is 2.22. The molecule has 0 saturated heterocycles. The van der Waals surface area contributed by atoms with Gasteiger partial charge in [0, 0.05) is 21.6 Å². The van der Waals surface area contributed by atoms with E-state index in [1.807, 2.05) is 61.5 Å². The van der Waals surface area contributed by atoms with Gasteiger partial charge in [0.25, 0.3) is 11.5 Å². The minimum atomic E-state index is -0.263. The van der Waals surface area contributed by atoms with E-state index in [-0.39, 0.29) is 24.0 Å². The van der Waals surface area contributed by atoms with Gasteiger partial charge in [-0.05, 0) is 62.2 Å². The molecule has 1 saturated carbocycles. The van der Waals surface area contributed by atoms with E-state index in [9.17, 15) is 9.59 Å². The Balaban J connectivity index is 1.41. The van der Waals surface area contributed by atoms with Gasteiger partial charge in [0.2, 0.25) is 0 Å². The molecule has 1 aliphatic carbocycles. The van der Waals surface area contributed by atoms with Crippen LogP contribution >= 0.6 is 15.9 Å². The van der Waals surface area contributed by atoms with E-state index >= 15 is 0 Å². The summed E-state index contributed by atoms with van der Waals surface area (Å²) in [6.07, 6.45) is 7.01. The molecule has 194 valence electrons. The number of aryl methyl sites for hydroxylation is 1. The van der Waals surface area contributed by atoms with Crippen LogP contribution in [0.3, 0.4) is 0 Å². The highest BCUT2D eigenvalue weighted by Crippen LogP contribution is 2.32. The Hall–Kier alpha value is -3.78. The number of benzene rings is 3. The molecule has 1 heterocycles. The second-order valence-electron chi connectivity index (χ2n) is 9.57. The number of carbonyl (C=O) groups excluding carboxylic acids is 1. The lowest BCUT2D eigenvalue weighted by molar-refractivity contribution is -0.118. The topological polar surface area (TPSA) is 85.6 Å². The van der Waals surface area contributed by atoms with Crippen LogP contribution in [0.5, 0.6) is 5.75 Å². The lowest BCUT2D eigenvalue weighted by Crippen LogP contribution is -2.25. The molecule has 0 aliphatic heterocycles. The molecule has 38 heavy (non-hydrogen) atoms. The molecule has 0 radical (unpaired) electrons. The van der Waals surface area contributed by atoms with E-state index in [1.54, 1.807) is 18.3 Å². The summed E-state index contributed by atoms with van der Waals surface area (Å²) in [4.78, 5) is 30.9. The fourth-order valence-corrected chi connectivity index (χ4v) is 5.08. The lowest BCUT2D eigenvalue weighted by atomic mass is 9.88. The number of nitrogens with one attached hydrogen (secondary N) is 1. The fraction of sp³-hybridized carbons (Fsp3) is 0.267. The average molecular weight is 573 g/mol. The number of amides is 1. The van der Waals surface area contributed by atoms with Crippen LogP contribution in [-0.4, -0.2) is 28.4 Å². The summed E-state index contributed by atoms with van der Waals surface area (Å²) < 4.78 is 8.08. The zero-order chi connectivity index (χ0) is 26.5. The van der Waals surface area contributed by atoms with Crippen molar-refractivity contribution in [1.29, 1.82) is 0 Å². The van der Waals surface area contributed by atoms with Crippen molar-refractivity contribution in [1.82, 2.24) is 9.66 Å². The summed E-state index contributed by atoms with van der Waals surface area (Å²) in [5.74, 6) is 1.11. The number of para-hydroxylation sites is 1. The van der Waals surface area contributed by atoms with Gasteiger partial charge in [-0.3, -0.25) is 9.59 Å². The Kier molecular flexibility index (Phi) is 7.98. The molecule has 1 N–H and O–H groups in total. The molecule has 0 unspecified atom stereocenters. The first-order valence-corrected chi connectivity index (χ1v) is 13.6. The Morgan fingerprint density at radius 1 is 1.11 bits per heavy atom. The van der Waals surface area contributed by atoms with Crippen molar-refractivity contribution in [3.05, 3.63) is 98.5 Å². The van der Waals surface area contributed by atoms with E-state index < -0.39 is 0 Å². The molecule has 1 fully saturated rings. The first-order chi connectivity index (χ1) is 18.5. The standard InChI is InChI=1S/C30H29BrN4O3/c1-20-11-14-24(15-12-20)33-28(36)19-38-27-10-6-5-9-22(27)18-32-35-29(21-7-3-2-4-8-21)34-26-16-13-23(31)17-25(26)30(35)37/h5-6,9-18,21H,2-4,7-8,19H2,1H3,(H,33,36). The smallest absolute Gasteiger partial charge is 0.282 e. The Morgan fingerprint density at radius 3 is 2.66 bits per heavy atom. The lowest BCUT2D eigenvalue weighted by Gasteiger charge is -2.22. The van der Waals surface area contributed by atoms with Gasteiger partial charge in [-0.15, -0.1) is 0 Å². The van der Waals surface area contributed by atoms with E-state index in [0.29, 0.717) is 33.7 Å². The molecule has 1 aromatic heterocycles. The molecule has 1 amide bonds. The van der Waals surface area contributed by atoms with Gasteiger partial charge in [0.1, 0.15) is 11.6 Å². The number of fused-ring (bicyclic) bond motifs is 1. The summed E-state index contributed by atoms with van der Waals surface area (Å²) in [6.45, 7) is 1.84. The summed E-state index contributed by atoms with van der Waals surface area (Å²) in [5.41, 5.74) is 2.96. The number of anilines is 1. The van der Waals surface area contributed by atoms with Crippen molar-refractivity contribution in [2.24, 2.45) is 5.10 Å². The van der Waals surface area contributed by atoms with E-state index in [2.05, 4.69) is 26.3 Å². The zero-order valence-corrected chi connectivity index (χ0v) is 22.8. The molecule has 1 aliphatic rings. The first-order valence-electron chi connectivity index (χ1n) is 12.8. The van der Waals surface area contributed by atoms with Gasteiger partial charge in [0.15, 0.2) is 6.61 Å².